The second-order valence-corrected chi connectivity index (χ2v) is 10.3. The smallest absolute Gasteiger partial charge is 0.267 e. The highest BCUT2D eigenvalue weighted by Gasteiger charge is 2.32. The fraction of sp³-hybridized carbons (Fsp3) is 0.538. The highest BCUT2D eigenvalue weighted by molar-refractivity contribution is 8.26. The number of aromatic nitrogens is 2. The minimum absolute atomic E-state index is 0.107. The molecule has 0 radical (unpaired) electrons. The van der Waals surface area contributed by atoms with E-state index in [1.807, 2.05) is 18.2 Å². The van der Waals surface area contributed by atoms with Crippen molar-refractivity contribution in [3.63, 3.8) is 0 Å². The topological polar surface area (TPSA) is 57.9 Å². The van der Waals surface area contributed by atoms with E-state index in [9.17, 15) is 9.59 Å². The lowest BCUT2D eigenvalue weighted by Crippen LogP contribution is -2.31. The van der Waals surface area contributed by atoms with Crippen LogP contribution in [0.1, 0.15) is 77.7 Å². The minimum atomic E-state index is -0.168. The molecule has 0 N–H and O–H groups in total. The molecule has 0 aromatic carbocycles. The van der Waals surface area contributed by atoms with Crippen molar-refractivity contribution in [3.8, 4) is 0 Å². The van der Waals surface area contributed by atoms with Crippen molar-refractivity contribution in [3.05, 3.63) is 45.2 Å². The molecule has 3 heterocycles. The number of hydrogen-bond acceptors (Lipinski definition) is 6. The number of fused-ring (bicyclic) bond motifs is 1. The van der Waals surface area contributed by atoms with E-state index in [4.69, 9.17) is 17.2 Å². The average molecular weight is 501 g/mol. The molecule has 6 nitrogen and oxygen atoms in total. The molecule has 2 aromatic heterocycles. The Morgan fingerprint density at radius 1 is 1.00 bits per heavy atom. The Hall–Kier alpha value is -2.19. The highest BCUT2D eigenvalue weighted by atomic mass is 32.2. The number of nitrogens with zero attached hydrogens (tertiary/aromatic N) is 4. The van der Waals surface area contributed by atoms with Gasteiger partial charge in [-0.15, -0.1) is 0 Å². The molecule has 1 aliphatic rings. The first-order chi connectivity index (χ1) is 16.5. The van der Waals surface area contributed by atoms with Crippen LogP contribution in [-0.4, -0.2) is 44.1 Å². The van der Waals surface area contributed by atoms with Crippen molar-refractivity contribution in [1.82, 2.24) is 14.3 Å². The van der Waals surface area contributed by atoms with Crippen LogP contribution in [0.3, 0.4) is 0 Å². The zero-order valence-corrected chi connectivity index (χ0v) is 22.2. The molecule has 1 amide bonds. The van der Waals surface area contributed by atoms with E-state index in [0.717, 1.165) is 38.8 Å². The molecule has 0 bridgehead atoms. The molecule has 1 saturated heterocycles. The molecule has 8 heteroatoms. The van der Waals surface area contributed by atoms with Gasteiger partial charge in [0.25, 0.3) is 11.5 Å². The Labute approximate surface area is 212 Å². The fourth-order valence-electron chi connectivity index (χ4n) is 4.20. The Balaban J connectivity index is 1.91. The van der Waals surface area contributed by atoms with E-state index in [1.165, 1.54) is 37.4 Å². The lowest BCUT2D eigenvalue weighted by molar-refractivity contribution is -0.122. The van der Waals surface area contributed by atoms with Gasteiger partial charge >= 0.3 is 0 Å². The second-order valence-electron chi connectivity index (χ2n) is 8.67. The van der Waals surface area contributed by atoms with Crippen LogP contribution in [0.4, 0.5) is 5.82 Å². The molecule has 34 heavy (non-hydrogen) atoms. The quantitative estimate of drug-likeness (QED) is 0.194. The van der Waals surface area contributed by atoms with E-state index in [2.05, 4.69) is 25.7 Å². The summed E-state index contributed by atoms with van der Waals surface area (Å²) < 4.78 is 2.11. The number of pyridine rings is 1. The first kappa shape index (κ1) is 26.4. The van der Waals surface area contributed by atoms with Crippen molar-refractivity contribution in [2.45, 2.75) is 72.1 Å². The molecule has 0 aliphatic carbocycles. The predicted molar refractivity (Wildman–Crippen MR) is 148 cm³/mol. The van der Waals surface area contributed by atoms with Gasteiger partial charge in [-0.1, -0.05) is 82.9 Å². The first-order valence-electron chi connectivity index (χ1n) is 12.5. The molecule has 0 unspecified atom stereocenters. The van der Waals surface area contributed by atoms with Gasteiger partial charge in [-0.25, -0.2) is 4.98 Å². The summed E-state index contributed by atoms with van der Waals surface area (Å²) in [5, 5.41) is 0. The zero-order chi connectivity index (χ0) is 24.5. The molecule has 2 aromatic rings. The molecule has 1 aliphatic heterocycles. The van der Waals surface area contributed by atoms with Crippen LogP contribution in [0.25, 0.3) is 11.7 Å². The maximum atomic E-state index is 13.5. The molecular weight excluding hydrogens is 464 g/mol. The van der Waals surface area contributed by atoms with Crippen LogP contribution in [0.15, 0.2) is 34.1 Å². The number of carbonyl (C=O) groups is 1. The van der Waals surface area contributed by atoms with Crippen LogP contribution < -0.4 is 10.5 Å². The van der Waals surface area contributed by atoms with Crippen LogP contribution in [0.5, 0.6) is 0 Å². The minimum Gasteiger partial charge on any atom is -0.356 e. The SMILES string of the molecule is CCCCCCCCN1C(=O)C(=Cc2c(N(CCC)CCC)nc3ccccn3c2=O)SC1=S. The molecule has 0 saturated carbocycles. The van der Waals surface area contributed by atoms with E-state index in [-0.39, 0.29) is 11.5 Å². The Kier molecular flexibility index (Phi) is 10.1. The zero-order valence-electron chi connectivity index (χ0n) is 20.6. The maximum Gasteiger partial charge on any atom is 0.267 e. The van der Waals surface area contributed by atoms with Gasteiger partial charge in [-0.2, -0.15) is 0 Å². The molecular formula is C26H36N4O2S2. The third-order valence-corrected chi connectivity index (χ3v) is 7.30. The number of carbonyl (C=O) groups excluding carboxylic acids is 1. The Morgan fingerprint density at radius 2 is 1.71 bits per heavy atom. The third-order valence-electron chi connectivity index (χ3n) is 5.92. The first-order valence-corrected chi connectivity index (χ1v) is 13.8. The van der Waals surface area contributed by atoms with Gasteiger partial charge in [0, 0.05) is 25.8 Å². The highest BCUT2D eigenvalue weighted by Crippen LogP contribution is 2.33. The van der Waals surface area contributed by atoms with Crippen LogP contribution in [-0.2, 0) is 4.79 Å². The molecule has 1 fully saturated rings. The van der Waals surface area contributed by atoms with Crippen molar-refractivity contribution in [2.75, 3.05) is 24.5 Å². The number of rotatable bonds is 13. The van der Waals surface area contributed by atoms with Crippen molar-refractivity contribution < 1.29 is 4.79 Å². The molecule has 0 atom stereocenters. The van der Waals surface area contributed by atoms with E-state index < -0.39 is 0 Å². The summed E-state index contributed by atoms with van der Waals surface area (Å²) in [5.74, 6) is 0.533. The number of amides is 1. The average Bonchev–Trinajstić information content (AvgIpc) is 3.10. The number of anilines is 1. The predicted octanol–water partition coefficient (Wildman–Crippen LogP) is 5.88. The van der Waals surface area contributed by atoms with Gasteiger partial charge in [0.05, 0.1) is 10.5 Å². The molecule has 0 spiro atoms. The van der Waals surface area contributed by atoms with Gasteiger partial charge in [-0.05, 0) is 37.5 Å². The standard InChI is InChI=1S/C26H36N4O2S2/c1-4-7-8-9-10-12-18-30-25(32)21(34-26(30)33)19-20-23(28(15-5-2)16-6-3)27-22-14-11-13-17-29(22)24(20)31/h11,13-14,17,19H,4-10,12,15-16,18H2,1-3H3. The normalized spacial score (nSPS) is 15.1. The summed E-state index contributed by atoms with van der Waals surface area (Å²) in [7, 11) is 0. The molecule has 184 valence electrons. The van der Waals surface area contributed by atoms with E-state index in [1.54, 1.807) is 21.6 Å². The lowest BCUT2D eigenvalue weighted by Gasteiger charge is -2.24. The van der Waals surface area contributed by atoms with Gasteiger partial charge < -0.3 is 4.90 Å². The summed E-state index contributed by atoms with van der Waals surface area (Å²) in [5.41, 5.74) is 0.886. The molecule has 3 rings (SSSR count). The summed E-state index contributed by atoms with van der Waals surface area (Å²) >= 11 is 6.81. The number of hydrogen-bond donors (Lipinski definition) is 0. The van der Waals surface area contributed by atoms with Gasteiger partial charge in [0.1, 0.15) is 15.8 Å². The van der Waals surface area contributed by atoms with Crippen LogP contribution in [0.2, 0.25) is 0 Å². The van der Waals surface area contributed by atoms with E-state index in [0.29, 0.717) is 32.8 Å². The monoisotopic (exact) mass is 500 g/mol. The lowest BCUT2D eigenvalue weighted by atomic mass is 10.1. The summed E-state index contributed by atoms with van der Waals surface area (Å²) in [6, 6.07) is 5.53. The summed E-state index contributed by atoms with van der Waals surface area (Å²) in [4.78, 5) is 35.9. The number of unbranched alkanes of at least 4 members (excludes halogenated alkanes) is 5. The fourth-order valence-corrected chi connectivity index (χ4v) is 5.49. The van der Waals surface area contributed by atoms with Gasteiger partial charge in [0.2, 0.25) is 0 Å². The second kappa shape index (κ2) is 13.0. The van der Waals surface area contributed by atoms with Crippen molar-refractivity contribution >= 4 is 51.7 Å². The van der Waals surface area contributed by atoms with Gasteiger partial charge in [0.15, 0.2) is 0 Å². The third kappa shape index (κ3) is 6.27. The Bertz CT molecular complexity index is 1090. The summed E-state index contributed by atoms with van der Waals surface area (Å²) in [6.07, 6.45) is 12.3. The van der Waals surface area contributed by atoms with Crippen LogP contribution in [0, 0.1) is 0 Å². The van der Waals surface area contributed by atoms with E-state index >= 15 is 0 Å². The van der Waals surface area contributed by atoms with Gasteiger partial charge in [-0.3, -0.25) is 18.9 Å². The maximum absolute atomic E-state index is 13.5. The number of thioether (sulfide) groups is 1. The Morgan fingerprint density at radius 3 is 2.41 bits per heavy atom. The largest absolute Gasteiger partial charge is 0.356 e. The van der Waals surface area contributed by atoms with Crippen molar-refractivity contribution in [1.29, 1.82) is 0 Å². The number of thiocarbonyl (C=S) groups is 1. The van der Waals surface area contributed by atoms with Crippen molar-refractivity contribution in [2.24, 2.45) is 0 Å². The summed E-state index contributed by atoms with van der Waals surface area (Å²) in [6.45, 7) is 8.66. The van der Waals surface area contributed by atoms with Crippen LogP contribution >= 0.6 is 24.0 Å².